The van der Waals surface area contributed by atoms with Crippen molar-refractivity contribution in [2.75, 3.05) is 70.7 Å². The Morgan fingerprint density at radius 3 is 2.24 bits per heavy atom. The van der Waals surface area contributed by atoms with E-state index in [1.54, 1.807) is 0 Å². The Labute approximate surface area is 354 Å². The van der Waals surface area contributed by atoms with Crippen LogP contribution in [0.5, 0.6) is 0 Å². The molecule has 0 aliphatic carbocycles. The maximum Gasteiger partial charge on any atom is 0.220 e. The van der Waals surface area contributed by atoms with Crippen molar-refractivity contribution >= 4 is 67.5 Å². The minimum atomic E-state index is 0.775. The molecule has 0 radical (unpaired) electrons. The lowest BCUT2D eigenvalue weighted by molar-refractivity contribution is -0.892. The summed E-state index contributed by atoms with van der Waals surface area (Å²) in [6.07, 6.45) is 12.2. The molecule has 4 N–H and O–H groups in total. The molecule has 8 rings (SSSR count). The highest BCUT2D eigenvalue weighted by atomic mass is 32.2. The van der Waals surface area contributed by atoms with Gasteiger partial charge in [0.15, 0.2) is 12.7 Å². The average Bonchev–Trinajstić information content (AvgIpc) is 3.56. The summed E-state index contributed by atoms with van der Waals surface area (Å²) in [7, 11) is 9.17. The van der Waals surface area contributed by atoms with E-state index in [1.165, 1.54) is 65.0 Å². The zero-order valence-corrected chi connectivity index (χ0v) is 35.8. The van der Waals surface area contributed by atoms with Crippen LogP contribution in [-0.4, -0.2) is 63.8 Å². The van der Waals surface area contributed by atoms with Gasteiger partial charge in [-0.05, 0) is 73.3 Å². The van der Waals surface area contributed by atoms with Gasteiger partial charge in [-0.2, -0.15) is 9.13 Å². The number of nitrogens with zero attached hydrogens (tertiary/aromatic N) is 5. The Bertz CT molecular complexity index is 2670. The maximum atomic E-state index is 6.41. The van der Waals surface area contributed by atoms with E-state index in [2.05, 4.69) is 181 Å². The van der Waals surface area contributed by atoms with E-state index in [-0.39, 0.29) is 0 Å². The molecule has 0 atom stereocenters. The van der Waals surface area contributed by atoms with Crippen molar-refractivity contribution in [3.63, 3.8) is 0 Å². The number of hydrogen-bond acceptors (Lipinski definition) is 5. The second-order valence-corrected chi connectivity index (χ2v) is 17.7. The monoisotopic (exact) mass is 800 g/mol. The highest BCUT2D eigenvalue weighted by Crippen LogP contribution is 2.44. The van der Waals surface area contributed by atoms with Crippen LogP contribution in [0, 0.1) is 0 Å². The first kappa shape index (κ1) is 40.1. The molecule has 0 amide bonds. The summed E-state index contributed by atoms with van der Waals surface area (Å²) in [5, 5.41) is 6.10. The number of rotatable bonds is 15. The molecule has 0 saturated carbocycles. The molecule has 0 fully saturated rings. The summed E-state index contributed by atoms with van der Waals surface area (Å²) >= 11 is 1.83. The van der Waals surface area contributed by atoms with E-state index in [0.717, 1.165) is 74.4 Å². The van der Waals surface area contributed by atoms with Crippen molar-refractivity contribution in [2.45, 2.75) is 37.2 Å². The summed E-state index contributed by atoms with van der Waals surface area (Å²) in [6.45, 7) is 6.26. The standard InChI is InChI=1S/C51H57N7S/c1-54(29-13-31-56-33-28-38(42-19-8-9-20-46(42)56)18-12-23-50-55(2)47-21-10-11-22-49(47)59-50)30-14-34-58(3,4)35-15-32-57-48-37-41(53)25-27-44(48)43-26-24-40(52)36-45(43)51(57)39-16-6-5-7-17-39/h5-12,16-28,33,36-37,53H,13-15,29-32,34-35,52H2,1-4H3/q+2/p+1. The fourth-order valence-electron chi connectivity index (χ4n) is 8.71. The van der Waals surface area contributed by atoms with Crippen LogP contribution in [0.15, 0.2) is 150 Å². The first-order valence-electron chi connectivity index (χ1n) is 21.0. The summed E-state index contributed by atoms with van der Waals surface area (Å²) in [6, 6.07) is 42.9. The normalized spacial score (nSPS) is 13.8. The molecule has 8 heteroatoms. The van der Waals surface area contributed by atoms with Gasteiger partial charge in [0.2, 0.25) is 16.7 Å². The maximum absolute atomic E-state index is 6.41. The van der Waals surface area contributed by atoms with Gasteiger partial charge in [-0.3, -0.25) is 0 Å². The Balaban J connectivity index is 0.856. The van der Waals surface area contributed by atoms with E-state index in [9.17, 15) is 0 Å². The predicted molar refractivity (Wildman–Crippen MR) is 251 cm³/mol. The van der Waals surface area contributed by atoms with Crippen LogP contribution in [0.1, 0.15) is 24.8 Å². The van der Waals surface area contributed by atoms with Crippen molar-refractivity contribution in [3.8, 4) is 11.3 Å². The lowest BCUT2D eigenvalue weighted by Crippen LogP contribution is -2.45. The molecule has 0 saturated heterocycles. The van der Waals surface area contributed by atoms with E-state index in [4.69, 9.17) is 11.5 Å². The number of anilines is 3. The molecule has 0 bridgehead atoms. The number of fused-ring (bicyclic) bond motifs is 5. The molecule has 2 aromatic heterocycles. The molecule has 59 heavy (non-hydrogen) atoms. The van der Waals surface area contributed by atoms with Crippen LogP contribution in [-0.2, 0) is 13.1 Å². The minimum absolute atomic E-state index is 0.775. The highest BCUT2D eigenvalue weighted by molar-refractivity contribution is 8.03. The van der Waals surface area contributed by atoms with Gasteiger partial charge >= 0.3 is 0 Å². The minimum Gasteiger partial charge on any atom is -0.399 e. The van der Waals surface area contributed by atoms with Crippen LogP contribution in [0.3, 0.4) is 0 Å². The van der Waals surface area contributed by atoms with Gasteiger partial charge in [0.25, 0.3) is 0 Å². The SMILES string of the molecule is CN(CCC[n+]1ccc(/C=C/C=C2\Sc3ccccc3N2C)c2ccccc21)CCC[N+](C)(C)CCC[n+]1c(-c2ccccc2)c2cc(N)ccc2c2ccc(N)cc21. The number of hydrogen-bond donors (Lipinski definition) is 2. The van der Waals surface area contributed by atoms with E-state index >= 15 is 0 Å². The topological polar surface area (TPSA) is 66.3 Å². The Kier molecular flexibility index (Phi) is 12.0. The molecule has 1 aliphatic heterocycles. The number of aryl methyl sites for hydroxylation is 2. The first-order valence-corrected chi connectivity index (χ1v) is 21.8. The molecule has 300 valence electrons. The zero-order chi connectivity index (χ0) is 40.9. The Morgan fingerprint density at radius 1 is 0.695 bits per heavy atom. The number of nitrogen functional groups attached to an aromatic ring is 2. The number of aromatic nitrogens is 2. The van der Waals surface area contributed by atoms with Crippen LogP contribution in [0.2, 0.25) is 0 Å². The van der Waals surface area contributed by atoms with Crippen LogP contribution < -0.4 is 25.5 Å². The quantitative estimate of drug-likeness (QED) is 0.0469. The molecule has 1 aliphatic rings. The van der Waals surface area contributed by atoms with Crippen LogP contribution in [0.4, 0.5) is 17.1 Å². The number of allylic oxidation sites excluding steroid dienone is 2. The molecule has 0 unspecified atom stereocenters. The second-order valence-electron chi connectivity index (χ2n) is 16.7. The zero-order valence-electron chi connectivity index (χ0n) is 35.0. The second kappa shape index (κ2) is 17.7. The third-order valence-electron chi connectivity index (χ3n) is 11.9. The van der Waals surface area contributed by atoms with Crippen molar-refractivity contribution in [1.82, 2.24) is 4.90 Å². The van der Waals surface area contributed by atoms with E-state index in [1.807, 2.05) is 23.9 Å². The largest absolute Gasteiger partial charge is 0.399 e. The number of para-hydroxylation sites is 2. The van der Waals surface area contributed by atoms with Crippen LogP contribution >= 0.6 is 11.8 Å². The molecule has 7 aromatic rings. The number of benzene rings is 5. The smallest absolute Gasteiger partial charge is 0.220 e. The van der Waals surface area contributed by atoms with Gasteiger partial charge in [0.1, 0.15) is 6.54 Å². The third kappa shape index (κ3) is 9.00. The van der Waals surface area contributed by atoms with Gasteiger partial charge in [-0.15, -0.1) is 0 Å². The summed E-state index contributed by atoms with van der Waals surface area (Å²) < 4.78 is 5.88. The van der Waals surface area contributed by atoms with Crippen molar-refractivity contribution in [3.05, 3.63) is 150 Å². The lowest BCUT2D eigenvalue weighted by Gasteiger charge is -2.30. The molecule has 3 heterocycles. The molecule has 7 nitrogen and oxygen atoms in total. The number of quaternary nitrogens is 1. The van der Waals surface area contributed by atoms with Gasteiger partial charge in [-0.1, -0.05) is 72.4 Å². The summed E-state index contributed by atoms with van der Waals surface area (Å²) in [5.41, 5.74) is 21.7. The fraction of sp³-hybridized carbons (Fsp3) is 0.255. The van der Waals surface area contributed by atoms with Crippen molar-refractivity contribution < 1.29 is 13.6 Å². The van der Waals surface area contributed by atoms with Gasteiger partial charge in [0, 0.05) is 78.4 Å². The molecular formula is C51H58N7S+3. The van der Waals surface area contributed by atoms with Gasteiger partial charge in [-0.25, -0.2) is 0 Å². The first-order chi connectivity index (χ1) is 28.6. The third-order valence-corrected chi connectivity index (χ3v) is 13.0. The molecular weight excluding hydrogens is 743 g/mol. The van der Waals surface area contributed by atoms with Crippen LogP contribution in [0.25, 0.3) is 49.9 Å². The molecule has 5 aromatic carbocycles. The van der Waals surface area contributed by atoms with E-state index < -0.39 is 0 Å². The number of thioether (sulfide) groups is 1. The highest BCUT2D eigenvalue weighted by Gasteiger charge is 2.26. The number of nitrogens with two attached hydrogens (primary N) is 2. The fourth-order valence-corrected chi connectivity index (χ4v) is 9.77. The van der Waals surface area contributed by atoms with Crippen molar-refractivity contribution in [2.24, 2.45) is 0 Å². The number of pyridine rings is 2. The summed E-state index contributed by atoms with van der Waals surface area (Å²) in [4.78, 5) is 6.08. The summed E-state index contributed by atoms with van der Waals surface area (Å²) in [5.74, 6) is 0. The molecule has 0 spiro atoms. The van der Waals surface area contributed by atoms with Crippen molar-refractivity contribution in [1.29, 1.82) is 0 Å². The Hall–Kier alpha value is -5.67. The van der Waals surface area contributed by atoms with Gasteiger partial charge < -0.3 is 25.8 Å². The van der Waals surface area contributed by atoms with Gasteiger partial charge in [0.05, 0.1) is 60.5 Å². The average molecular weight is 801 g/mol. The predicted octanol–water partition coefficient (Wildman–Crippen LogP) is 9.53. The van der Waals surface area contributed by atoms with E-state index in [0.29, 0.717) is 0 Å². The Morgan fingerprint density at radius 2 is 1.41 bits per heavy atom. The lowest BCUT2D eigenvalue weighted by atomic mass is 9.98.